The van der Waals surface area contributed by atoms with E-state index in [1.165, 1.54) is 24.2 Å². The molecule has 0 saturated carbocycles. The number of rotatable bonds is 2. The first-order valence-corrected chi connectivity index (χ1v) is 9.16. The van der Waals surface area contributed by atoms with Gasteiger partial charge in [-0.1, -0.05) is 13.8 Å². The van der Waals surface area contributed by atoms with Gasteiger partial charge in [-0.15, -0.1) is 0 Å². The number of furan rings is 1. The minimum atomic E-state index is -0.0205. The molecule has 2 atom stereocenters. The number of fused-ring (bicyclic) bond motifs is 1. The Morgan fingerprint density at radius 2 is 1.91 bits per heavy atom. The first-order chi connectivity index (χ1) is 11.1. The molecule has 2 aliphatic heterocycles. The predicted octanol–water partition coefficient (Wildman–Crippen LogP) is 3.71. The van der Waals surface area contributed by atoms with Crippen LogP contribution in [0.15, 0.2) is 16.7 Å². The maximum Gasteiger partial charge on any atom is 0.114 e. The fourth-order valence-corrected chi connectivity index (χ4v) is 4.71. The summed E-state index contributed by atoms with van der Waals surface area (Å²) in [5, 5.41) is 3.96. The van der Waals surface area contributed by atoms with E-state index in [4.69, 9.17) is 13.9 Å². The lowest BCUT2D eigenvalue weighted by atomic mass is 9.74. The topological polar surface area (TPSA) is 43.6 Å². The van der Waals surface area contributed by atoms with Crippen molar-refractivity contribution < 1.29 is 13.9 Å². The Kier molecular flexibility index (Phi) is 4.02. The minimum absolute atomic E-state index is 0.0205. The zero-order chi connectivity index (χ0) is 15.9. The Balaban J connectivity index is 1.55. The molecule has 2 unspecified atom stereocenters. The summed E-state index contributed by atoms with van der Waals surface area (Å²) >= 11 is 0. The molecule has 4 nitrogen and oxygen atoms in total. The van der Waals surface area contributed by atoms with Gasteiger partial charge >= 0.3 is 0 Å². The van der Waals surface area contributed by atoms with Crippen LogP contribution in [0.1, 0.15) is 69.7 Å². The molecule has 1 aliphatic carbocycles. The Morgan fingerprint density at radius 3 is 2.74 bits per heavy atom. The van der Waals surface area contributed by atoms with Crippen molar-refractivity contribution in [2.45, 2.75) is 75.5 Å². The second-order valence-corrected chi connectivity index (χ2v) is 8.07. The van der Waals surface area contributed by atoms with Crippen LogP contribution in [-0.4, -0.2) is 31.5 Å². The summed E-state index contributed by atoms with van der Waals surface area (Å²) < 4.78 is 17.7. The highest BCUT2D eigenvalue weighted by molar-refractivity contribution is 5.30. The van der Waals surface area contributed by atoms with Gasteiger partial charge in [-0.05, 0) is 31.7 Å². The molecule has 3 heterocycles. The molecule has 1 N–H and O–H groups in total. The Morgan fingerprint density at radius 1 is 1.09 bits per heavy atom. The van der Waals surface area contributed by atoms with Gasteiger partial charge in [-0.3, -0.25) is 0 Å². The highest BCUT2D eigenvalue weighted by Crippen LogP contribution is 2.44. The summed E-state index contributed by atoms with van der Waals surface area (Å²) in [6, 6.07) is 2.98. The average Bonchev–Trinajstić information content (AvgIpc) is 3.04. The zero-order valence-corrected chi connectivity index (χ0v) is 14.4. The molecule has 3 aliphatic rings. The molecule has 0 amide bonds. The van der Waals surface area contributed by atoms with Gasteiger partial charge in [0.1, 0.15) is 5.76 Å². The van der Waals surface area contributed by atoms with E-state index in [1.807, 2.05) is 6.26 Å². The van der Waals surface area contributed by atoms with Crippen molar-refractivity contribution >= 4 is 0 Å². The van der Waals surface area contributed by atoms with Crippen LogP contribution in [0.2, 0.25) is 0 Å². The van der Waals surface area contributed by atoms with E-state index in [-0.39, 0.29) is 11.0 Å². The first kappa shape index (κ1) is 15.7. The van der Waals surface area contributed by atoms with Crippen molar-refractivity contribution in [2.75, 3.05) is 19.8 Å². The van der Waals surface area contributed by atoms with Crippen LogP contribution in [0.5, 0.6) is 0 Å². The summed E-state index contributed by atoms with van der Waals surface area (Å²) in [7, 11) is 0. The molecule has 1 aromatic heterocycles. The summed E-state index contributed by atoms with van der Waals surface area (Å²) in [5.41, 5.74) is 1.48. The zero-order valence-electron chi connectivity index (χ0n) is 14.4. The van der Waals surface area contributed by atoms with Gasteiger partial charge in [0.15, 0.2) is 0 Å². The van der Waals surface area contributed by atoms with Crippen LogP contribution in [-0.2, 0) is 14.9 Å². The van der Waals surface area contributed by atoms with Crippen LogP contribution >= 0.6 is 0 Å². The van der Waals surface area contributed by atoms with E-state index in [0.29, 0.717) is 12.1 Å². The number of ether oxygens (including phenoxy) is 2. The van der Waals surface area contributed by atoms with Gasteiger partial charge in [0.25, 0.3) is 0 Å². The Bertz CT molecular complexity index is 536. The third-order valence-electron chi connectivity index (χ3n) is 6.15. The van der Waals surface area contributed by atoms with Crippen LogP contribution in [0.4, 0.5) is 0 Å². The van der Waals surface area contributed by atoms with Gasteiger partial charge in [-0.25, -0.2) is 0 Å². The van der Waals surface area contributed by atoms with Gasteiger partial charge < -0.3 is 19.2 Å². The van der Waals surface area contributed by atoms with Crippen molar-refractivity contribution in [1.29, 1.82) is 0 Å². The fraction of sp³-hybridized carbons (Fsp3) is 0.789. The van der Waals surface area contributed by atoms with Gasteiger partial charge in [0, 0.05) is 55.7 Å². The molecule has 4 rings (SSSR count). The fourth-order valence-electron chi connectivity index (χ4n) is 4.71. The number of hydrogen-bond donors (Lipinski definition) is 1. The molecule has 4 heteroatoms. The van der Waals surface area contributed by atoms with E-state index >= 15 is 0 Å². The molecular formula is C19H29NO3. The van der Waals surface area contributed by atoms with Crippen molar-refractivity contribution in [3.05, 3.63) is 23.7 Å². The largest absolute Gasteiger partial charge is 0.468 e. The maximum absolute atomic E-state index is 6.31. The van der Waals surface area contributed by atoms with Crippen molar-refractivity contribution in [3.63, 3.8) is 0 Å². The van der Waals surface area contributed by atoms with E-state index in [9.17, 15) is 0 Å². The van der Waals surface area contributed by atoms with Gasteiger partial charge in [-0.2, -0.15) is 0 Å². The summed E-state index contributed by atoms with van der Waals surface area (Å²) in [6.07, 6.45) is 8.57. The molecule has 1 spiro atoms. The van der Waals surface area contributed by atoms with E-state index < -0.39 is 0 Å². The quantitative estimate of drug-likeness (QED) is 0.902. The molecule has 0 aromatic carbocycles. The summed E-state index contributed by atoms with van der Waals surface area (Å²) in [4.78, 5) is 0. The summed E-state index contributed by atoms with van der Waals surface area (Å²) in [6.45, 7) is 7.12. The van der Waals surface area contributed by atoms with Crippen LogP contribution < -0.4 is 5.32 Å². The highest BCUT2D eigenvalue weighted by Gasteiger charge is 2.45. The normalized spacial score (nSPS) is 32.6. The Labute approximate surface area is 138 Å². The molecule has 23 heavy (non-hydrogen) atoms. The Hall–Kier alpha value is -0.840. The number of nitrogens with one attached hydrogen (secondary N) is 1. The molecule has 0 radical (unpaired) electrons. The lowest BCUT2D eigenvalue weighted by molar-refractivity contribution is -0.152. The molecule has 128 valence electrons. The predicted molar refractivity (Wildman–Crippen MR) is 88.6 cm³/mol. The first-order valence-electron chi connectivity index (χ1n) is 9.16. The average molecular weight is 319 g/mol. The molecule has 2 fully saturated rings. The maximum atomic E-state index is 6.31. The van der Waals surface area contributed by atoms with E-state index in [0.717, 1.165) is 45.5 Å². The molecule has 2 saturated heterocycles. The lowest BCUT2D eigenvalue weighted by Crippen LogP contribution is -2.58. The van der Waals surface area contributed by atoms with Crippen molar-refractivity contribution in [1.82, 2.24) is 5.32 Å². The van der Waals surface area contributed by atoms with E-state index in [1.54, 1.807) is 0 Å². The van der Waals surface area contributed by atoms with E-state index in [2.05, 4.69) is 25.2 Å². The van der Waals surface area contributed by atoms with Crippen LogP contribution in [0.25, 0.3) is 0 Å². The van der Waals surface area contributed by atoms with Crippen molar-refractivity contribution in [3.8, 4) is 0 Å². The second-order valence-electron chi connectivity index (χ2n) is 8.07. The SMILES string of the molecule is CC1(C)CCC(NC2CCCOC23CCOCC3)c2ccoc21. The standard InChI is InChI=1S/C19H29NO3/c1-18(2)7-5-15(14-6-11-22-17(14)18)20-16-4-3-10-23-19(16)8-12-21-13-9-19/h6,11,15-16,20H,3-5,7-10,12-13H2,1-2H3. The smallest absolute Gasteiger partial charge is 0.114 e. The van der Waals surface area contributed by atoms with Gasteiger partial charge in [0.05, 0.1) is 11.9 Å². The van der Waals surface area contributed by atoms with Crippen LogP contribution in [0, 0.1) is 0 Å². The minimum Gasteiger partial charge on any atom is -0.468 e. The highest BCUT2D eigenvalue weighted by atomic mass is 16.5. The van der Waals surface area contributed by atoms with Gasteiger partial charge in [0.2, 0.25) is 0 Å². The third-order valence-corrected chi connectivity index (χ3v) is 6.15. The molecular weight excluding hydrogens is 290 g/mol. The molecule has 1 aromatic rings. The monoisotopic (exact) mass is 319 g/mol. The lowest BCUT2D eigenvalue weighted by Gasteiger charge is -2.48. The summed E-state index contributed by atoms with van der Waals surface area (Å²) in [5.74, 6) is 1.17. The van der Waals surface area contributed by atoms with Crippen molar-refractivity contribution in [2.24, 2.45) is 0 Å². The molecule has 0 bridgehead atoms. The second kappa shape index (κ2) is 5.91. The van der Waals surface area contributed by atoms with Crippen LogP contribution in [0.3, 0.4) is 0 Å². The number of hydrogen-bond acceptors (Lipinski definition) is 4. The third kappa shape index (κ3) is 2.75.